The third-order valence-electron chi connectivity index (χ3n) is 3.65. The fourth-order valence-electron chi connectivity index (χ4n) is 2.41. The smallest absolute Gasteiger partial charge is 0.260 e. The molecule has 1 aromatic heterocycles. The van der Waals surface area contributed by atoms with Gasteiger partial charge in [0.05, 0.1) is 18.2 Å². The van der Waals surface area contributed by atoms with Gasteiger partial charge in [-0.15, -0.1) is 11.3 Å². The van der Waals surface area contributed by atoms with Gasteiger partial charge in [-0.25, -0.2) is 13.8 Å². The molecule has 0 aliphatic rings. The third kappa shape index (κ3) is 4.90. The highest BCUT2D eigenvalue weighted by Crippen LogP contribution is 2.26. The van der Waals surface area contributed by atoms with Crippen LogP contribution < -0.4 is 9.73 Å². The highest BCUT2D eigenvalue weighted by molar-refractivity contribution is 7.92. The Morgan fingerprint density at radius 3 is 2.36 bits per heavy atom. The Hall–Kier alpha value is -2.19. The van der Waals surface area contributed by atoms with E-state index in [-0.39, 0.29) is 6.54 Å². The first-order valence-electron chi connectivity index (χ1n) is 7.60. The standard InChI is InChI=1S/C17H21N3O3S2/c1-12-8-9-24-15(12)10-18-19-16(21)11-20(25(4,22)23)17-13(2)6-5-7-14(17)3/h5-10H,11H2,1-4H3,(H,19,21)/b18-10-. The molecule has 0 radical (unpaired) electrons. The quantitative estimate of drug-likeness (QED) is 0.619. The van der Waals surface area contributed by atoms with E-state index in [4.69, 9.17) is 0 Å². The first-order valence-corrected chi connectivity index (χ1v) is 10.3. The summed E-state index contributed by atoms with van der Waals surface area (Å²) >= 11 is 1.51. The number of carbonyl (C=O) groups excluding carboxylic acids is 1. The number of nitrogens with zero attached hydrogens (tertiary/aromatic N) is 2. The van der Waals surface area contributed by atoms with Crippen molar-refractivity contribution in [3.8, 4) is 0 Å². The van der Waals surface area contributed by atoms with E-state index in [1.165, 1.54) is 11.3 Å². The van der Waals surface area contributed by atoms with Gasteiger partial charge in [0.2, 0.25) is 10.0 Å². The van der Waals surface area contributed by atoms with E-state index in [9.17, 15) is 13.2 Å². The summed E-state index contributed by atoms with van der Waals surface area (Å²) in [4.78, 5) is 13.1. The SMILES string of the molecule is Cc1ccsc1/C=N\NC(=O)CN(c1c(C)cccc1C)S(C)(=O)=O. The number of amides is 1. The average molecular weight is 380 g/mol. The number of carbonyl (C=O) groups is 1. The summed E-state index contributed by atoms with van der Waals surface area (Å²) in [5, 5.41) is 5.85. The monoisotopic (exact) mass is 379 g/mol. The number of hydrogen-bond donors (Lipinski definition) is 1. The second-order valence-corrected chi connectivity index (χ2v) is 8.63. The van der Waals surface area contributed by atoms with Crippen molar-refractivity contribution >= 4 is 39.2 Å². The minimum atomic E-state index is -3.61. The fraction of sp³-hybridized carbons (Fsp3) is 0.294. The molecule has 0 spiro atoms. The number of anilines is 1. The molecule has 134 valence electrons. The topological polar surface area (TPSA) is 78.8 Å². The summed E-state index contributed by atoms with van der Waals surface area (Å²) in [5.74, 6) is -0.501. The number of hydrogen-bond acceptors (Lipinski definition) is 5. The molecule has 0 bridgehead atoms. The van der Waals surface area contributed by atoms with E-state index in [1.807, 2.05) is 50.4 Å². The van der Waals surface area contributed by atoms with Crippen LogP contribution in [0, 0.1) is 20.8 Å². The second-order valence-electron chi connectivity index (χ2n) is 5.77. The molecule has 0 aliphatic carbocycles. The number of benzene rings is 1. The summed E-state index contributed by atoms with van der Waals surface area (Å²) in [6.07, 6.45) is 2.64. The van der Waals surface area contributed by atoms with Crippen LogP contribution in [0.5, 0.6) is 0 Å². The number of para-hydroxylation sites is 1. The van der Waals surface area contributed by atoms with Crippen molar-refractivity contribution in [2.75, 3.05) is 17.1 Å². The van der Waals surface area contributed by atoms with Gasteiger partial charge in [0.15, 0.2) is 0 Å². The van der Waals surface area contributed by atoms with Gasteiger partial charge in [-0.1, -0.05) is 18.2 Å². The minimum absolute atomic E-state index is 0.328. The van der Waals surface area contributed by atoms with Gasteiger partial charge in [0.1, 0.15) is 6.54 Å². The van der Waals surface area contributed by atoms with E-state index >= 15 is 0 Å². The van der Waals surface area contributed by atoms with Crippen molar-refractivity contribution in [1.82, 2.24) is 5.43 Å². The van der Waals surface area contributed by atoms with Gasteiger partial charge in [-0.05, 0) is 48.9 Å². The zero-order valence-corrected chi connectivity index (χ0v) is 16.2. The maximum Gasteiger partial charge on any atom is 0.260 e. The lowest BCUT2D eigenvalue weighted by molar-refractivity contribution is -0.119. The predicted octanol–water partition coefficient (Wildman–Crippen LogP) is 2.59. The number of hydrazone groups is 1. The maximum atomic E-state index is 12.2. The Kier molecular flexibility index (Phi) is 5.97. The highest BCUT2D eigenvalue weighted by atomic mass is 32.2. The molecule has 6 nitrogen and oxygen atoms in total. The van der Waals surface area contributed by atoms with Crippen LogP contribution >= 0.6 is 11.3 Å². The Balaban J connectivity index is 2.17. The largest absolute Gasteiger partial charge is 0.271 e. The molecule has 0 unspecified atom stereocenters. The summed E-state index contributed by atoms with van der Waals surface area (Å²) in [5.41, 5.74) is 5.56. The van der Waals surface area contributed by atoms with Crippen LogP contribution in [0.2, 0.25) is 0 Å². The van der Waals surface area contributed by atoms with Crippen LogP contribution in [0.4, 0.5) is 5.69 Å². The lowest BCUT2D eigenvalue weighted by Crippen LogP contribution is -2.39. The third-order valence-corrected chi connectivity index (χ3v) is 5.72. The molecule has 0 saturated carbocycles. The number of nitrogens with one attached hydrogen (secondary N) is 1. The molecule has 0 atom stereocenters. The van der Waals surface area contributed by atoms with E-state index < -0.39 is 15.9 Å². The number of rotatable bonds is 6. The summed E-state index contributed by atoms with van der Waals surface area (Å²) < 4.78 is 25.5. The lowest BCUT2D eigenvalue weighted by atomic mass is 10.1. The molecular formula is C17H21N3O3S2. The summed E-state index contributed by atoms with van der Waals surface area (Å²) in [6.45, 7) is 5.25. The van der Waals surface area contributed by atoms with E-state index in [0.29, 0.717) is 5.69 Å². The fourth-order valence-corrected chi connectivity index (χ4v) is 4.16. The van der Waals surface area contributed by atoms with Crippen LogP contribution in [-0.2, 0) is 14.8 Å². The molecule has 1 heterocycles. The number of sulfonamides is 1. The Bertz CT molecular complexity index is 881. The van der Waals surface area contributed by atoms with Crippen LogP contribution in [0.1, 0.15) is 21.6 Å². The summed E-state index contributed by atoms with van der Waals surface area (Å²) in [7, 11) is -3.61. The Morgan fingerprint density at radius 1 is 1.20 bits per heavy atom. The molecule has 1 aromatic carbocycles. The van der Waals surface area contributed by atoms with Gasteiger partial charge in [-0.2, -0.15) is 5.10 Å². The van der Waals surface area contributed by atoms with Crippen LogP contribution in [0.3, 0.4) is 0 Å². The van der Waals surface area contributed by atoms with Gasteiger partial charge >= 0.3 is 0 Å². The van der Waals surface area contributed by atoms with Crippen LogP contribution in [-0.4, -0.2) is 33.3 Å². The first kappa shape index (κ1) is 19.1. The van der Waals surface area contributed by atoms with Crippen molar-refractivity contribution in [3.05, 3.63) is 51.2 Å². The lowest BCUT2D eigenvalue weighted by Gasteiger charge is -2.25. The van der Waals surface area contributed by atoms with Gasteiger partial charge in [0.25, 0.3) is 5.91 Å². The number of aryl methyl sites for hydroxylation is 3. The number of thiophene rings is 1. The molecule has 1 amide bonds. The molecular weight excluding hydrogens is 358 g/mol. The van der Waals surface area contributed by atoms with E-state index in [2.05, 4.69) is 10.5 Å². The Morgan fingerprint density at radius 2 is 1.84 bits per heavy atom. The van der Waals surface area contributed by atoms with Crippen molar-refractivity contribution in [2.45, 2.75) is 20.8 Å². The van der Waals surface area contributed by atoms with Crippen LogP contribution in [0.15, 0.2) is 34.7 Å². The molecule has 0 fully saturated rings. The maximum absolute atomic E-state index is 12.2. The molecule has 25 heavy (non-hydrogen) atoms. The van der Waals surface area contributed by atoms with Crippen molar-refractivity contribution < 1.29 is 13.2 Å². The highest BCUT2D eigenvalue weighted by Gasteiger charge is 2.23. The molecule has 0 saturated heterocycles. The van der Waals surface area contributed by atoms with Gasteiger partial charge in [-0.3, -0.25) is 9.10 Å². The van der Waals surface area contributed by atoms with Gasteiger partial charge < -0.3 is 0 Å². The zero-order chi connectivity index (χ0) is 18.6. The zero-order valence-electron chi connectivity index (χ0n) is 14.6. The summed E-state index contributed by atoms with van der Waals surface area (Å²) in [6, 6.07) is 7.44. The van der Waals surface area contributed by atoms with Crippen molar-refractivity contribution in [3.63, 3.8) is 0 Å². The molecule has 0 aliphatic heterocycles. The first-order chi connectivity index (χ1) is 11.7. The van der Waals surface area contributed by atoms with Crippen LogP contribution in [0.25, 0.3) is 0 Å². The second kappa shape index (κ2) is 7.79. The molecule has 8 heteroatoms. The van der Waals surface area contributed by atoms with E-state index in [1.54, 1.807) is 6.21 Å². The molecule has 1 N–H and O–H groups in total. The minimum Gasteiger partial charge on any atom is -0.271 e. The molecule has 2 aromatic rings. The van der Waals surface area contributed by atoms with Crippen molar-refractivity contribution in [2.24, 2.45) is 5.10 Å². The normalized spacial score (nSPS) is 11.7. The van der Waals surface area contributed by atoms with Crippen molar-refractivity contribution in [1.29, 1.82) is 0 Å². The Labute approximate surface area is 152 Å². The van der Waals surface area contributed by atoms with E-state index in [0.717, 1.165) is 32.1 Å². The van der Waals surface area contributed by atoms with Gasteiger partial charge in [0, 0.05) is 4.88 Å². The average Bonchev–Trinajstić information content (AvgIpc) is 2.90. The molecule has 2 rings (SSSR count). The predicted molar refractivity (Wildman–Crippen MR) is 103 cm³/mol.